The summed E-state index contributed by atoms with van der Waals surface area (Å²) < 4.78 is 42.0. The van der Waals surface area contributed by atoms with E-state index in [0.717, 1.165) is 49.7 Å². The summed E-state index contributed by atoms with van der Waals surface area (Å²) in [6.45, 7) is 7.19. The molecule has 0 aliphatic carbocycles. The quantitative estimate of drug-likeness (QED) is 0.460. The Morgan fingerprint density at radius 2 is 1.71 bits per heavy atom. The van der Waals surface area contributed by atoms with Crippen LogP contribution in [0.3, 0.4) is 0 Å². The highest BCUT2D eigenvalue weighted by Gasteiger charge is 2.32. The van der Waals surface area contributed by atoms with E-state index < -0.39 is 11.7 Å². The molecular weight excluding hydrogens is 363 g/mol. The molecule has 6 heteroatoms. The van der Waals surface area contributed by atoms with Gasteiger partial charge in [0.05, 0.1) is 16.6 Å². The predicted molar refractivity (Wildman–Crippen MR) is 107 cm³/mol. The lowest BCUT2D eigenvalue weighted by molar-refractivity contribution is -0.137. The number of alkyl halides is 3. The second kappa shape index (κ2) is 8.78. The lowest BCUT2D eigenvalue weighted by atomic mass is 10.0. The fourth-order valence-corrected chi connectivity index (χ4v) is 3.56. The van der Waals surface area contributed by atoms with Crippen molar-refractivity contribution in [2.75, 3.05) is 19.6 Å². The van der Waals surface area contributed by atoms with Gasteiger partial charge in [0.25, 0.3) is 0 Å². The van der Waals surface area contributed by atoms with Crippen molar-refractivity contribution in [3.8, 4) is 5.69 Å². The molecule has 150 valence electrons. The van der Waals surface area contributed by atoms with Crippen LogP contribution in [0.25, 0.3) is 16.7 Å². The van der Waals surface area contributed by atoms with Gasteiger partial charge in [-0.25, -0.2) is 4.98 Å². The molecule has 0 aliphatic heterocycles. The molecule has 1 aromatic heterocycles. The summed E-state index contributed by atoms with van der Waals surface area (Å²) in [5.41, 5.74) is 2.12. The van der Waals surface area contributed by atoms with E-state index in [1.165, 1.54) is 6.07 Å². The zero-order chi connectivity index (χ0) is 20.1. The van der Waals surface area contributed by atoms with Crippen LogP contribution in [-0.4, -0.2) is 34.1 Å². The van der Waals surface area contributed by atoms with E-state index in [2.05, 4.69) is 23.7 Å². The summed E-state index contributed by atoms with van der Waals surface area (Å²) in [7, 11) is 0. The summed E-state index contributed by atoms with van der Waals surface area (Å²) >= 11 is 0. The molecule has 0 radical (unpaired) electrons. The Bertz CT molecular complexity index is 897. The van der Waals surface area contributed by atoms with Crippen molar-refractivity contribution in [1.82, 2.24) is 14.5 Å². The number of nitrogens with zero attached hydrogens (tertiary/aromatic N) is 3. The van der Waals surface area contributed by atoms with Crippen LogP contribution in [0.4, 0.5) is 13.2 Å². The van der Waals surface area contributed by atoms with Crippen LogP contribution in [0.2, 0.25) is 0 Å². The second-order valence-electron chi connectivity index (χ2n) is 6.93. The number of imidazole rings is 1. The van der Waals surface area contributed by atoms with Crippen molar-refractivity contribution < 1.29 is 13.2 Å². The van der Waals surface area contributed by atoms with Crippen molar-refractivity contribution >= 4 is 11.0 Å². The van der Waals surface area contributed by atoms with Crippen molar-refractivity contribution in [2.24, 2.45) is 0 Å². The minimum absolute atomic E-state index is 0.387. The summed E-state index contributed by atoms with van der Waals surface area (Å²) in [5.74, 6) is 0. The number of halogens is 3. The maximum absolute atomic E-state index is 13.4. The molecule has 3 nitrogen and oxygen atoms in total. The molecule has 0 saturated heterocycles. The number of hydrogen-bond acceptors (Lipinski definition) is 2. The van der Waals surface area contributed by atoms with Gasteiger partial charge in [-0.1, -0.05) is 32.0 Å². The summed E-state index contributed by atoms with van der Waals surface area (Å²) in [6.07, 6.45) is -0.369. The van der Waals surface area contributed by atoms with Crippen LogP contribution in [-0.2, 0) is 12.6 Å². The number of para-hydroxylation sites is 1. The fourth-order valence-electron chi connectivity index (χ4n) is 3.56. The molecule has 0 bridgehead atoms. The number of rotatable bonds is 8. The predicted octanol–water partition coefficient (Wildman–Crippen LogP) is 5.71. The third-order valence-electron chi connectivity index (χ3n) is 5.15. The maximum atomic E-state index is 13.4. The van der Waals surface area contributed by atoms with Gasteiger partial charge in [-0.2, -0.15) is 13.2 Å². The molecule has 0 unspecified atom stereocenters. The lowest BCUT2D eigenvalue weighted by Gasteiger charge is -2.18. The van der Waals surface area contributed by atoms with Crippen molar-refractivity contribution in [3.63, 3.8) is 0 Å². The maximum Gasteiger partial charge on any atom is 0.416 e. The molecule has 0 atom stereocenters. The molecule has 0 fully saturated rings. The van der Waals surface area contributed by atoms with E-state index in [4.69, 9.17) is 0 Å². The van der Waals surface area contributed by atoms with E-state index in [-0.39, 0.29) is 0 Å². The molecule has 0 spiro atoms. The van der Waals surface area contributed by atoms with Gasteiger partial charge in [0.2, 0.25) is 0 Å². The van der Waals surface area contributed by atoms with Crippen LogP contribution in [0, 0.1) is 0 Å². The van der Waals surface area contributed by atoms with Crippen molar-refractivity contribution in [3.05, 3.63) is 59.9 Å². The first-order valence-corrected chi connectivity index (χ1v) is 9.79. The monoisotopic (exact) mass is 389 g/mol. The highest BCUT2D eigenvalue weighted by atomic mass is 19.4. The Labute approximate surface area is 163 Å². The Balaban J connectivity index is 1.94. The molecule has 2 aromatic carbocycles. The molecule has 0 N–H and O–H groups in total. The van der Waals surface area contributed by atoms with Crippen LogP contribution in [0.1, 0.15) is 37.8 Å². The van der Waals surface area contributed by atoms with Gasteiger partial charge in [0, 0.05) is 5.69 Å². The van der Waals surface area contributed by atoms with Gasteiger partial charge in [-0.15, -0.1) is 0 Å². The lowest BCUT2D eigenvalue weighted by Crippen LogP contribution is -2.23. The van der Waals surface area contributed by atoms with E-state index in [9.17, 15) is 13.2 Å². The van der Waals surface area contributed by atoms with Crippen molar-refractivity contribution in [2.45, 2.75) is 39.3 Å². The number of aromatic nitrogens is 2. The Kier molecular flexibility index (Phi) is 6.39. The largest absolute Gasteiger partial charge is 0.416 e. The van der Waals surface area contributed by atoms with E-state index in [1.54, 1.807) is 6.33 Å². The van der Waals surface area contributed by atoms with Crippen LogP contribution < -0.4 is 0 Å². The standard InChI is InChI=1S/C22H26F3N3/c1-3-27(4-2)13-9-8-10-17-14-18(22(23,24)25)15-20-21(17)28(16-26-20)19-11-6-5-7-12-19/h5-7,11-12,14-16H,3-4,8-10,13H2,1-2H3. The van der Waals surface area contributed by atoms with Crippen LogP contribution in [0.5, 0.6) is 0 Å². The summed E-state index contributed by atoms with van der Waals surface area (Å²) in [5, 5.41) is 0. The highest BCUT2D eigenvalue weighted by molar-refractivity contribution is 5.82. The Morgan fingerprint density at radius 1 is 1.00 bits per heavy atom. The summed E-state index contributed by atoms with van der Waals surface area (Å²) in [6, 6.07) is 12.0. The topological polar surface area (TPSA) is 21.1 Å². The number of unbranched alkanes of at least 4 members (excludes halogenated alkanes) is 1. The van der Waals surface area contributed by atoms with Crippen LogP contribution in [0.15, 0.2) is 48.8 Å². The van der Waals surface area contributed by atoms with Gasteiger partial charge in [-0.3, -0.25) is 4.57 Å². The SMILES string of the molecule is CCN(CC)CCCCc1cc(C(F)(F)F)cc2ncn(-c3ccccc3)c12. The Morgan fingerprint density at radius 3 is 2.36 bits per heavy atom. The average molecular weight is 389 g/mol. The number of hydrogen-bond donors (Lipinski definition) is 0. The summed E-state index contributed by atoms with van der Waals surface area (Å²) in [4.78, 5) is 6.60. The highest BCUT2D eigenvalue weighted by Crippen LogP contribution is 2.34. The fraction of sp³-hybridized carbons (Fsp3) is 0.409. The minimum atomic E-state index is -4.37. The molecule has 3 aromatic rings. The van der Waals surface area contributed by atoms with Gasteiger partial charge in [0.1, 0.15) is 6.33 Å². The molecule has 3 rings (SSSR count). The normalized spacial score (nSPS) is 12.2. The number of fused-ring (bicyclic) bond motifs is 1. The van der Waals surface area contributed by atoms with E-state index in [0.29, 0.717) is 17.5 Å². The average Bonchev–Trinajstić information content (AvgIpc) is 3.12. The molecular formula is C22H26F3N3. The third-order valence-corrected chi connectivity index (χ3v) is 5.15. The van der Waals surface area contributed by atoms with Gasteiger partial charge in [-0.05, 0) is 68.7 Å². The molecule has 1 heterocycles. The van der Waals surface area contributed by atoms with E-state index >= 15 is 0 Å². The first-order chi connectivity index (χ1) is 13.4. The number of aryl methyl sites for hydroxylation is 1. The van der Waals surface area contributed by atoms with Crippen molar-refractivity contribution in [1.29, 1.82) is 0 Å². The molecule has 0 amide bonds. The molecule has 0 saturated carbocycles. The minimum Gasteiger partial charge on any atom is -0.304 e. The zero-order valence-corrected chi connectivity index (χ0v) is 16.3. The third kappa shape index (κ3) is 4.55. The zero-order valence-electron chi connectivity index (χ0n) is 16.3. The number of benzene rings is 2. The smallest absolute Gasteiger partial charge is 0.304 e. The van der Waals surface area contributed by atoms with Crippen LogP contribution >= 0.6 is 0 Å². The van der Waals surface area contributed by atoms with Gasteiger partial charge < -0.3 is 4.90 Å². The van der Waals surface area contributed by atoms with E-state index in [1.807, 2.05) is 34.9 Å². The first kappa shape index (κ1) is 20.4. The first-order valence-electron chi connectivity index (χ1n) is 9.79. The van der Waals surface area contributed by atoms with Gasteiger partial charge >= 0.3 is 6.18 Å². The van der Waals surface area contributed by atoms with Gasteiger partial charge in [0.15, 0.2) is 0 Å². The molecule has 28 heavy (non-hydrogen) atoms. The molecule has 0 aliphatic rings. The second-order valence-corrected chi connectivity index (χ2v) is 6.93. The Hall–Kier alpha value is -2.34.